The summed E-state index contributed by atoms with van der Waals surface area (Å²) in [5, 5.41) is 14.7. The first-order chi connectivity index (χ1) is 8.46. The molecule has 1 heterocycles. The van der Waals surface area contributed by atoms with E-state index in [1.807, 2.05) is 0 Å². The van der Waals surface area contributed by atoms with E-state index in [0.29, 0.717) is 6.54 Å². The molecule has 1 aromatic rings. The van der Waals surface area contributed by atoms with Crippen molar-refractivity contribution >= 4 is 15.5 Å². The SMILES string of the molecule is O=[N+]([O-])c1ccc(CN[C@H]2C=CS(=O)(=O)C2)cc1. The van der Waals surface area contributed by atoms with Crippen LogP contribution in [-0.4, -0.2) is 25.1 Å². The van der Waals surface area contributed by atoms with Crippen LogP contribution in [0.3, 0.4) is 0 Å². The Labute approximate surface area is 104 Å². The highest BCUT2D eigenvalue weighted by atomic mass is 32.2. The molecule has 1 aliphatic rings. The average molecular weight is 268 g/mol. The number of rotatable bonds is 4. The van der Waals surface area contributed by atoms with Crippen LogP contribution in [0.2, 0.25) is 0 Å². The quantitative estimate of drug-likeness (QED) is 0.650. The highest BCUT2D eigenvalue weighted by Gasteiger charge is 2.20. The average Bonchev–Trinajstić information content (AvgIpc) is 2.67. The van der Waals surface area contributed by atoms with Gasteiger partial charge in [-0.3, -0.25) is 10.1 Å². The molecule has 2 rings (SSSR count). The molecule has 0 saturated heterocycles. The summed E-state index contributed by atoms with van der Waals surface area (Å²) in [4.78, 5) is 10.0. The minimum absolute atomic E-state index is 0.0436. The summed E-state index contributed by atoms with van der Waals surface area (Å²) >= 11 is 0. The fraction of sp³-hybridized carbons (Fsp3) is 0.273. The van der Waals surface area contributed by atoms with Crippen molar-refractivity contribution in [1.82, 2.24) is 5.32 Å². The van der Waals surface area contributed by atoms with Gasteiger partial charge in [0, 0.05) is 30.1 Å². The third-order valence-electron chi connectivity index (χ3n) is 2.65. The van der Waals surface area contributed by atoms with E-state index in [2.05, 4.69) is 5.32 Å². The van der Waals surface area contributed by atoms with Crippen LogP contribution in [0.4, 0.5) is 5.69 Å². The van der Waals surface area contributed by atoms with E-state index in [1.54, 1.807) is 18.2 Å². The lowest BCUT2D eigenvalue weighted by atomic mass is 10.2. The van der Waals surface area contributed by atoms with E-state index in [1.165, 1.54) is 17.5 Å². The number of nitro benzene ring substituents is 1. The molecule has 0 saturated carbocycles. The van der Waals surface area contributed by atoms with E-state index in [4.69, 9.17) is 0 Å². The van der Waals surface area contributed by atoms with Crippen molar-refractivity contribution in [3.05, 3.63) is 51.4 Å². The predicted octanol–water partition coefficient (Wildman–Crippen LogP) is 0.995. The second kappa shape index (κ2) is 4.87. The lowest BCUT2D eigenvalue weighted by Gasteiger charge is -2.09. The fourth-order valence-corrected chi connectivity index (χ4v) is 2.96. The van der Waals surface area contributed by atoms with Gasteiger partial charge in [-0.1, -0.05) is 18.2 Å². The van der Waals surface area contributed by atoms with Gasteiger partial charge in [0.05, 0.1) is 10.7 Å². The van der Waals surface area contributed by atoms with Crippen molar-refractivity contribution in [2.45, 2.75) is 12.6 Å². The molecule has 0 radical (unpaired) electrons. The molecule has 0 unspecified atom stereocenters. The van der Waals surface area contributed by atoms with Crippen molar-refractivity contribution < 1.29 is 13.3 Å². The third kappa shape index (κ3) is 3.14. The number of non-ortho nitro benzene ring substituents is 1. The first kappa shape index (κ1) is 12.7. The van der Waals surface area contributed by atoms with Crippen molar-refractivity contribution in [2.24, 2.45) is 0 Å². The highest BCUT2D eigenvalue weighted by Crippen LogP contribution is 2.13. The molecule has 0 bridgehead atoms. The Morgan fingerprint density at radius 1 is 1.33 bits per heavy atom. The van der Waals surface area contributed by atoms with Crippen LogP contribution in [-0.2, 0) is 16.4 Å². The summed E-state index contributed by atoms with van der Waals surface area (Å²) in [6.07, 6.45) is 1.61. The van der Waals surface area contributed by atoms with Gasteiger partial charge in [0.15, 0.2) is 9.84 Å². The normalized spacial score (nSPS) is 21.0. The second-order valence-electron chi connectivity index (χ2n) is 4.07. The predicted molar refractivity (Wildman–Crippen MR) is 66.7 cm³/mol. The van der Waals surface area contributed by atoms with Gasteiger partial charge in [0.25, 0.3) is 5.69 Å². The Bertz CT molecular complexity index is 578. The molecule has 1 atom stereocenters. The highest BCUT2D eigenvalue weighted by molar-refractivity contribution is 7.94. The lowest BCUT2D eigenvalue weighted by molar-refractivity contribution is -0.384. The molecule has 0 amide bonds. The first-order valence-electron chi connectivity index (χ1n) is 5.34. The topological polar surface area (TPSA) is 89.3 Å². The number of nitrogens with zero attached hydrogens (tertiary/aromatic N) is 1. The number of hydrogen-bond donors (Lipinski definition) is 1. The van der Waals surface area contributed by atoms with E-state index in [9.17, 15) is 18.5 Å². The number of sulfone groups is 1. The van der Waals surface area contributed by atoms with Gasteiger partial charge in [-0.25, -0.2) is 8.42 Å². The summed E-state index contributed by atoms with van der Waals surface area (Å²) in [7, 11) is -3.05. The van der Waals surface area contributed by atoms with Crippen molar-refractivity contribution in [2.75, 3.05) is 5.75 Å². The lowest BCUT2D eigenvalue weighted by Crippen LogP contribution is -2.29. The van der Waals surface area contributed by atoms with Crippen LogP contribution in [0.15, 0.2) is 35.7 Å². The van der Waals surface area contributed by atoms with Gasteiger partial charge in [-0.15, -0.1) is 0 Å². The molecule has 96 valence electrons. The standard InChI is InChI=1S/C11H12N2O4S/c14-13(15)11-3-1-9(2-4-11)7-12-10-5-6-18(16,17)8-10/h1-6,10,12H,7-8H2/t10-/m0/s1. The molecule has 1 N–H and O–H groups in total. The Morgan fingerprint density at radius 2 is 2.00 bits per heavy atom. The molecule has 0 aromatic heterocycles. The molecule has 0 fully saturated rings. The molecule has 6 nitrogen and oxygen atoms in total. The van der Waals surface area contributed by atoms with Crippen LogP contribution in [0.25, 0.3) is 0 Å². The minimum atomic E-state index is -3.05. The molecular formula is C11H12N2O4S. The molecule has 1 aromatic carbocycles. The van der Waals surface area contributed by atoms with Gasteiger partial charge in [-0.05, 0) is 5.56 Å². The number of nitrogens with one attached hydrogen (secondary N) is 1. The summed E-state index contributed by atoms with van der Waals surface area (Å²) < 4.78 is 22.3. The number of benzene rings is 1. The molecule has 18 heavy (non-hydrogen) atoms. The molecule has 1 aliphatic heterocycles. The zero-order valence-corrected chi connectivity index (χ0v) is 10.3. The Balaban J connectivity index is 1.91. The van der Waals surface area contributed by atoms with Crippen molar-refractivity contribution in [1.29, 1.82) is 0 Å². The van der Waals surface area contributed by atoms with E-state index in [-0.39, 0.29) is 17.5 Å². The van der Waals surface area contributed by atoms with Gasteiger partial charge in [-0.2, -0.15) is 0 Å². The molecule has 0 aliphatic carbocycles. The summed E-state index contributed by atoms with van der Waals surface area (Å²) in [6.45, 7) is 0.475. The van der Waals surface area contributed by atoms with Crippen molar-refractivity contribution in [3.8, 4) is 0 Å². The van der Waals surface area contributed by atoms with Crippen LogP contribution in [0, 0.1) is 10.1 Å². The molecule has 0 spiro atoms. The van der Waals surface area contributed by atoms with Gasteiger partial charge >= 0.3 is 0 Å². The Hall–Kier alpha value is -1.73. The van der Waals surface area contributed by atoms with Crippen LogP contribution in [0.5, 0.6) is 0 Å². The van der Waals surface area contributed by atoms with Crippen LogP contribution < -0.4 is 5.32 Å². The number of hydrogen-bond acceptors (Lipinski definition) is 5. The van der Waals surface area contributed by atoms with E-state index < -0.39 is 14.8 Å². The van der Waals surface area contributed by atoms with Gasteiger partial charge in [0.2, 0.25) is 0 Å². The summed E-state index contributed by atoms with van der Waals surface area (Å²) in [5.41, 5.74) is 0.917. The summed E-state index contributed by atoms with van der Waals surface area (Å²) in [5.74, 6) is 0.0694. The minimum Gasteiger partial charge on any atom is -0.305 e. The first-order valence-corrected chi connectivity index (χ1v) is 7.05. The zero-order valence-electron chi connectivity index (χ0n) is 9.44. The van der Waals surface area contributed by atoms with E-state index in [0.717, 1.165) is 5.56 Å². The van der Waals surface area contributed by atoms with Gasteiger partial charge in [0.1, 0.15) is 0 Å². The Kier molecular flexibility index (Phi) is 3.44. The maximum absolute atomic E-state index is 11.2. The second-order valence-corrected chi connectivity index (χ2v) is 6.00. The monoisotopic (exact) mass is 268 g/mol. The maximum Gasteiger partial charge on any atom is 0.269 e. The third-order valence-corrected chi connectivity index (χ3v) is 4.04. The molecular weight excluding hydrogens is 256 g/mol. The summed E-state index contributed by atoms with van der Waals surface area (Å²) in [6, 6.07) is 5.97. The van der Waals surface area contributed by atoms with Crippen molar-refractivity contribution in [3.63, 3.8) is 0 Å². The van der Waals surface area contributed by atoms with E-state index >= 15 is 0 Å². The van der Waals surface area contributed by atoms with Crippen LogP contribution >= 0.6 is 0 Å². The smallest absolute Gasteiger partial charge is 0.269 e. The Morgan fingerprint density at radius 3 is 2.50 bits per heavy atom. The molecule has 7 heteroatoms. The van der Waals surface area contributed by atoms with Crippen LogP contribution in [0.1, 0.15) is 5.56 Å². The maximum atomic E-state index is 11.2. The fourth-order valence-electron chi connectivity index (χ4n) is 1.69. The zero-order chi connectivity index (χ0) is 13.2. The number of nitro groups is 1. The largest absolute Gasteiger partial charge is 0.305 e. The van der Waals surface area contributed by atoms with Gasteiger partial charge < -0.3 is 5.32 Å².